The van der Waals surface area contributed by atoms with Crippen LogP contribution in [0.5, 0.6) is 0 Å². The molecule has 0 aromatic carbocycles. The van der Waals surface area contributed by atoms with Gasteiger partial charge in [-0.25, -0.2) is 9.97 Å². The van der Waals surface area contributed by atoms with E-state index in [4.69, 9.17) is 4.98 Å². The van der Waals surface area contributed by atoms with Crippen LogP contribution in [0.1, 0.15) is 31.4 Å². The minimum atomic E-state index is 0.780. The molecule has 0 saturated carbocycles. The molecular formula is C16H17N5S. The first-order chi connectivity index (χ1) is 10.7. The van der Waals surface area contributed by atoms with E-state index in [0.717, 1.165) is 40.8 Å². The number of thiol groups is 1. The van der Waals surface area contributed by atoms with E-state index in [2.05, 4.69) is 29.0 Å². The number of nitrogens with zero attached hydrogens (tertiary/aromatic N) is 5. The summed E-state index contributed by atoms with van der Waals surface area (Å²) in [5.74, 6) is 0. The molecule has 3 aromatic rings. The largest absolute Gasteiger partial charge is 0.276 e. The maximum atomic E-state index is 4.87. The Balaban J connectivity index is 1.89. The highest BCUT2D eigenvalue weighted by atomic mass is 32.1. The van der Waals surface area contributed by atoms with Crippen LogP contribution in [-0.4, -0.2) is 23.7 Å². The lowest BCUT2D eigenvalue weighted by Crippen LogP contribution is -1.97. The van der Waals surface area contributed by atoms with E-state index in [-0.39, 0.29) is 0 Å². The SMILES string of the molecule is Cn1cc(-c2cn(S)c3ncc(C4=CCCCC4)nc23)cn1. The maximum Gasteiger partial charge on any atom is 0.169 e. The van der Waals surface area contributed by atoms with Crippen molar-refractivity contribution in [3.05, 3.63) is 36.6 Å². The molecule has 4 rings (SSSR count). The average Bonchev–Trinajstić information content (AvgIpc) is 3.12. The van der Waals surface area contributed by atoms with Crippen LogP contribution >= 0.6 is 12.8 Å². The summed E-state index contributed by atoms with van der Waals surface area (Å²) in [6, 6.07) is 0. The lowest BCUT2D eigenvalue weighted by molar-refractivity contribution is 0.740. The third-order valence-corrected chi connectivity index (χ3v) is 4.42. The van der Waals surface area contributed by atoms with E-state index in [1.807, 2.05) is 31.8 Å². The molecular weight excluding hydrogens is 294 g/mol. The monoisotopic (exact) mass is 311 g/mol. The Kier molecular flexibility index (Phi) is 3.26. The van der Waals surface area contributed by atoms with Gasteiger partial charge in [-0.1, -0.05) is 18.9 Å². The highest BCUT2D eigenvalue weighted by molar-refractivity contribution is 7.78. The van der Waals surface area contributed by atoms with Crippen molar-refractivity contribution in [3.63, 3.8) is 0 Å². The molecule has 0 saturated heterocycles. The second kappa shape index (κ2) is 5.28. The molecule has 0 spiro atoms. The Hall–Kier alpha value is -2.08. The van der Waals surface area contributed by atoms with Gasteiger partial charge in [0.1, 0.15) is 5.52 Å². The number of rotatable bonds is 2. The van der Waals surface area contributed by atoms with Crippen molar-refractivity contribution >= 4 is 29.6 Å². The number of fused-ring (bicyclic) bond motifs is 1. The van der Waals surface area contributed by atoms with Gasteiger partial charge >= 0.3 is 0 Å². The molecule has 0 unspecified atom stereocenters. The van der Waals surface area contributed by atoms with Gasteiger partial charge in [0.05, 0.1) is 18.1 Å². The Labute approximate surface area is 134 Å². The molecule has 0 amide bonds. The topological polar surface area (TPSA) is 48.5 Å². The number of aryl methyl sites for hydroxylation is 1. The Bertz CT molecular complexity index is 874. The molecule has 0 N–H and O–H groups in total. The smallest absolute Gasteiger partial charge is 0.169 e. The summed E-state index contributed by atoms with van der Waals surface area (Å²) < 4.78 is 3.52. The molecule has 0 radical (unpaired) electrons. The van der Waals surface area contributed by atoms with Gasteiger partial charge in [0.2, 0.25) is 0 Å². The number of hydrogen-bond donors (Lipinski definition) is 1. The molecule has 0 atom stereocenters. The normalized spacial score (nSPS) is 15.3. The third-order valence-electron chi connectivity index (χ3n) is 4.11. The van der Waals surface area contributed by atoms with Crippen molar-refractivity contribution in [3.8, 4) is 11.1 Å². The molecule has 22 heavy (non-hydrogen) atoms. The van der Waals surface area contributed by atoms with E-state index < -0.39 is 0 Å². The Morgan fingerprint density at radius 1 is 1.18 bits per heavy atom. The van der Waals surface area contributed by atoms with Gasteiger partial charge in [0.25, 0.3) is 0 Å². The van der Waals surface area contributed by atoms with E-state index >= 15 is 0 Å². The average molecular weight is 311 g/mol. The van der Waals surface area contributed by atoms with E-state index in [0.29, 0.717) is 0 Å². The first-order valence-corrected chi connectivity index (χ1v) is 7.88. The van der Waals surface area contributed by atoms with Crippen LogP contribution in [-0.2, 0) is 7.05 Å². The molecule has 3 heterocycles. The molecule has 3 aromatic heterocycles. The van der Waals surface area contributed by atoms with Crippen molar-refractivity contribution in [1.82, 2.24) is 23.7 Å². The second-order valence-corrected chi connectivity index (χ2v) is 6.12. The Morgan fingerprint density at radius 3 is 2.82 bits per heavy atom. The molecule has 5 nitrogen and oxygen atoms in total. The van der Waals surface area contributed by atoms with E-state index in [1.165, 1.54) is 18.4 Å². The summed E-state index contributed by atoms with van der Waals surface area (Å²) in [5, 5.41) is 4.24. The van der Waals surface area contributed by atoms with Gasteiger partial charge < -0.3 is 0 Å². The zero-order chi connectivity index (χ0) is 15.1. The summed E-state index contributed by atoms with van der Waals surface area (Å²) >= 11 is 4.46. The van der Waals surface area contributed by atoms with Gasteiger partial charge in [-0.05, 0) is 31.3 Å². The fourth-order valence-corrected chi connectivity index (χ4v) is 3.23. The van der Waals surface area contributed by atoms with Crippen molar-refractivity contribution in [2.24, 2.45) is 7.05 Å². The van der Waals surface area contributed by atoms with Crippen LogP contribution in [0, 0.1) is 0 Å². The molecule has 1 aliphatic rings. The zero-order valence-corrected chi connectivity index (χ0v) is 13.3. The first-order valence-electron chi connectivity index (χ1n) is 7.48. The van der Waals surface area contributed by atoms with Crippen molar-refractivity contribution < 1.29 is 0 Å². The number of hydrogen-bond acceptors (Lipinski definition) is 4. The first kappa shape index (κ1) is 13.6. The lowest BCUT2D eigenvalue weighted by Gasteiger charge is -2.11. The Morgan fingerprint density at radius 2 is 2.09 bits per heavy atom. The number of allylic oxidation sites excluding steroid dienone is 2. The van der Waals surface area contributed by atoms with E-state index in [9.17, 15) is 0 Å². The van der Waals surface area contributed by atoms with Gasteiger partial charge in [0, 0.05) is 30.6 Å². The fourth-order valence-electron chi connectivity index (χ4n) is 2.97. The molecule has 112 valence electrons. The van der Waals surface area contributed by atoms with Gasteiger partial charge in [-0.3, -0.25) is 8.65 Å². The molecule has 1 aliphatic carbocycles. The standard InChI is InChI=1S/C16H17N5S/c1-20-9-12(7-18-20)13-10-21(22)16-15(13)19-14(8-17-16)11-5-3-2-4-6-11/h5,7-10,22H,2-4,6H2,1H3. The van der Waals surface area contributed by atoms with Crippen LogP contribution < -0.4 is 0 Å². The second-order valence-electron chi connectivity index (χ2n) is 5.69. The number of aromatic nitrogens is 5. The van der Waals surface area contributed by atoms with Gasteiger partial charge in [0.15, 0.2) is 5.65 Å². The molecule has 0 aliphatic heterocycles. The van der Waals surface area contributed by atoms with E-state index in [1.54, 1.807) is 8.65 Å². The van der Waals surface area contributed by atoms with Crippen molar-refractivity contribution in [2.75, 3.05) is 0 Å². The quantitative estimate of drug-likeness (QED) is 0.737. The zero-order valence-electron chi connectivity index (χ0n) is 12.4. The minimum Gasteiger partial charge on any atom is -0.276 e. The van der Waals surface area contributed by atoms with Crippen molar-refractivity contribution in [1.29, 1.82) is 0 Å². The lowest BCUT2D eigenvalue weighted by atomic mass is 9.97. The van der Waals surface area contributed by atoms with Gasteiger partial charge in [-0.15, -0.1) is 0 Å². The van der Waals surface area contributed by atoms with Crippen LogP contribution in [0.25, 0.3) is 27.9 Å². The maximum absolute atomic E-state index is 4.87. The summed E-state index contributed by atoms with van der Waals surface area (Å²) in [7, 11) is 1.91. The molecule has 0 bridgehead atoms. The van der Waals surface area contributed by atoms with Crippen molar-refractivity contribution in [2.45, 2.75) is 25.7 Å². The molecule has 0 fully saturated rings. The van der Waals surface area contributed by atoms with Gasteiger partial charge in [-0.2, -0.15) is 5.10 Å². The van der Waals surface area contributed by atoms with Crippen LogP contribution in [0.2, 0.25) is 0 Å². The summed E-state index contributed by atoms with van der Waals surface area (Å²) in [6.07, 6.45) is 14.7. The third kappa shape index (κ3) is 2.23. The van der Waals surface area contributed by atoms with Crippen LogP contribution in [0.15, 0.2) is 30.9 Å². The summed E-state index contributed by atoms with van der Waals surface area (Å²) in [6.45, 7) is 0. The predicted molar refractivity (Wildman–Crippen MR) is 90.6 cm³/mol. The summed E-state index contributed by atoms with van der Waals surface area (Å²) in [4.78, 5) is 9.43. The summed E-state index contributed by atoms with van der Waals surface area (Å²) in [5.41, 5.74) is 6.00. The minimum absolute atomic E-state index is 0.780. The van der Waals surface area contributed by atoms with Crippen LogP contribution in [0.4, 0.5) is 0 Å². The fraction of sp³-hybridized carbons (Fsp3) is 0.312. The highest BCUT2D eigenvalue weighted by Gasteiger charge is 2.16. The highest BCUT2D eigenvalue weighted by Crippen LogP contribution is 2.31. The van der Waals surface area contributed by atoms with Crippen LogP contribution in [0.3, 0.4) is 0 Å². The predicted octanol–water partition coefficient (Wildman–Crippen LogP) is 3.48. The molecule has 6 heteroatoms.